The number of benzene rings is 2. The lowest BCUT2D eigenvalue weighted by Crippen LogP contribution is -2.57. The molecule has 10 nitrogen and oxygen atoms in total. The van der Waals surface area contributed by atoms with Gasteiger partial charge in [-0.1, -0.05) is 0 Å². The maximum atomic E-state index is 13.5. The van der Waals surface area contributed by atoms with Crippen LogP contribution in [0.25, 0.3) is 0 Å². The number of rotatable bonds is 8. The number of anilines is 2. The summed E-state index contributed by atoms with van der Waals surface area (Å²) in [6.45, 7) is 4.43. The highest BCUT2D eigenvalue weighted by atomic mass is 16.6. The van der Waals surface area contributed by atoms with E-state index in [0.29, 0.717) is 63.7 Å². The van der Waals surface area contributed by atoms with Crippen molar-refractivity contribution in [2.75, 3.05) is 63.0 Å². The van der Waals surface area contributed by atoms with Gasteiger partial charge in [0.05, 0.1) is 48.2 Å². The Kier molecular flexibility index (Phi) is 5.48. The third kappa shape index (κ3) is 3.78. The van der Waals surface area contributed by atoms with Crippen LogP contribution in [0.2, 0.25) is 0 Å². The summed E-state index contributed by atoms with van der Waals surface area (Å²) >= 11 is 0. The van der Waals surface area contributed by atoms with Crippen LogP contribution in [0.5, 0.6) is 11.5 Å². The number of hydrogen-bond acceptors (Lipinski definition) is 8. The van der Waals surface area contributed by atoms with Crippen LogP contribution in [-0.4, -0.2) is 93.8 Å². The molecule has 0 saturated carbocycles. The van der Waals surface area contributed by atoms with E-state index in [0.717, 1.165) is 12.8 Å². The first-order valence-electron chi connectivity index (χ1n) is 11.7. The van der Waals surface area contributed by atoms with Gasteiger partial charge in [-0.15, -0.1) is 0 Å². The number of carbonyl (C=O) groups is 2. The fraction of sp³-hybridized carbons (Fsp3) is 0.417. The van der Waals surface area contributed by atoms with Crippen molar-refractivity contribution in [1.29, 1.82) is 0 Å². The van der Waals surface area contributed by atoms with Crippen molar-refractivity contribution < 1.29 is 39.5 Å². The number of quaternary nitrogens is 2. The number of hydroxylamine groups is 6. The minimum Gasteiger partial charge on any atom is -0.507 e. The maximum Gasteiger partial charge on any atom is 0.200 e. The molecule has 0 radical (unpaired) electrons. The van der Waals surface area contributed by atoms with Crippen LogP contribution in [0.15, 0.2) is 24.3 Å². The van der Waals surface area contributed by atoms with E-state index in [1.54, 1.807) is 12.1 Å². The summed E-state index contributed by atoms with van der Waals surface area (Å²) in [5.41, 5.74) is 0.653. The van der Waals surface area contributed by atoms with Crippen molar-refractivity contribution in [1.82, 2.24) is 0 Å². The van der Waals surface area contributed by atoms with Crippen molar-refractivity contribution in [3.63, 3.8) is 0 Å². The van der Waals surface area contributed by atoms with E-state index in [9.17, 15) is 30.2 Å². The monoisotopic (exact) mass is 470 g/mol. The SMILES string of the molecule is O=C1c2c(O)ccc(O)c2C(=O)c2c(NCC[N+]3(O)CCC3)ccc(NCC[N+]3(O)CCC3)c21. The number of carbonyl (C=O) groups excluding carboxylic acids is 2. The van der Waals surface area contributed by atoms with E-state index in [1.807, 2.05) is 0 Å². The third-order valence-corrected chi connectivity index (χ3v) is 7.26. The Morgan fingerprint density at radius 3 is 1.35 bits per heavy atom. The largest absolute Gasteiger partial charge is 0.507 e. The van der Waals surface area contributed by atoms with Crippen molar-refractivity contribution >= 4 is 22.9 Å². The Bertz CT molecular complexity index is 1080. The van der Waals surface area contributed by atoms with E-state index < -0.39 is 11.6 Å². The molecule has 0 bridgehead atoms. The summed E-state index contributed by atoms with van der Waals surface area (Å²) in [6, 6.07) is 5.78. The number of aromatic hydroxyl groups is 2. The Morgan fingerprint density at radius 1 is 0.647 bits per heavy atom. The Labute approximate surface area is 196 Å². The molecule has 6 N–H and O–H groups in total. The molecule has 10 heteroatoms. The van der Waals surface area contributed by atoms with Gasteiger partial charge in [-0.05, 0) is 24.3 Å². The standard InChI is InChI=1S/C24H28N4O6/c29-17-5-6-18(30)22-21(17)23(31)19-15(25-7-13-27(33)9-1-10-27)3-4-16(20(19)24(22)32)26-8-14-28(34)11-2-12-28/h3-6,33-34H,1-2,7-14H2,(H2-2,25,26,29,30,31,32)/p+2. The zero-order chi connectivity index (χ0) is 24.1. The smallest absolute Gasteiger partial charge is 0.200 e. The first kappa shape index (κ1) is 22.6. The number of phenols is 2. The van der Waals surface area contributed by atoms with E-state index in [-0.39, 0.29) is 43.0 Å². The summed E-state index contributed by atoms with van der Waals surface area (Å²) in [4.78, 5) is 27.1. The quantitative estimate of drug-likeness (QED) is 0.217. The lowest BCUT2D eigenvalue weighted by atomic mass is 9.81. The molecule has 2 fully saturated rings. The average Bonchev–Trinajstić information content (AvgIpc) is 2.77. The molecule has 0 amide bonds. The average molecular weight is 471 g/mol. The van der Waals surface area contributed by atoms with Gasteiger partial charge in [-0.2, -0.15) is 9.29 Å². The normalized spacial score (nSPS) is 19.5. The summed E-state index contributed by atoms with van der Waals surface area (Å²) in [7, 11) is 0. The number of phenolic OH excluding ortho intramolecular Hbond substituents is 2. The van der Waals surface area contributed by atoms with Crippen LogP contribution in [-0.2, 0) is 0 Å². The van der Waals surface area contributed by atoms with Gasteiger partial charge >= 0.3 is 0 Å². The zero-order valence-corrected chi connectivity index (χ0v) is 18.9. The topological polar surface area (TPSA) is 139 Å². The highest BCUT2D eigenvalue weighted by molar-refractivity contribution is 6.33. The van der Waals surface area contributed by atoms with Crippen LogP contribution in [0, 0.1) is 0 Å². The lowest BCUT2D eigenvalue weighted by molar-refractivity contribution is -1.13. The molecule has 0 atom stereocenters. The second kappa shape index (κ2) is 8.24. The molecule has 0 unspecified atom stereocenters. The summed E-state index contributed by atoms with van der Waals surface area (Å²) < 4.78 is -0.0548. The van der Waals surface area contributed by atoms with E-state index in [1.165, 1.54) is 12.1 Å². The van der Waals surface area contributed by atoms with Gasteiger partial charge < -0.3 is 20.8 Å². The highest BCUT2D eigenvalue weighted by Crippen LogP contribution is 2.42. The molecule has 3 aliphatic rings. The molecule has 2 heterocycles. The number of hydrogen-bond donors (Lipinski definition) is 6. The first-order chi connectivity index (χ1) is 16.2. The van der Waals surface area contributed by atoms with E-state index in [4.69, 9.17) is 0 Å². The number of nitrogens with one attached hydrogen (secondary N) is 2. The first-order valence-corrected chi connectivity index (χ1v) is 11.7. The molecule has 180 valence electrons. The minimum absolute atomic E-state index is 0.0274. The Balaban J connectivity index is 1.49. The highest BCUT2D eigenvalue weighted by Gasteiger charge is 2.39. The number of fused-ring (bicyclic) bond motifs is 2. The van der Waals surface area contributed by atoms with Gasteiger partial charge in [0.2, 0.25) is 11.6 Å². The van der Waals surface area contributed by atoms with Crippen LogP contribution in [0.1, 0.15) is 44.7 Å². The van der Waals surface area contributed by atoms with Crippen molar-refractivity contribution in [2.45, 2.75) is 12.8 Å². The lowest BCUT2D eigenvalue weighted by Gasteiger charge is -2.37. The molecule has 2 saturated heterocycles. The zero-order valence-electron chi connectivity index (χ0n) is 18.9. The molecular formula is C24H30N4O6+2. The van der Waals surface area contributed by atoms with Gasteiger partial charge in [0.15, 0.2) is 0 Å². The van der Waals surface area contributed by atoms with Crippen LogP contribution in [0.3, 0.4) is 0 Å². The molecule has 0 aromatic heterocycles. The van der Waals surface area contributed by atoms with Gasteiger partial charge in [-0.25, -0.2) is 10.4 Å². The van der Waals surface area contributed by atoms with Crippen LogP contribution < -0.4 is 10.6 Å². The molecule has 0 spiro atoms. The fourth-order valence-electron chi connectivity index (χ4n) is 4.95. The molecule has 2 aromatic rings. The number of ketones is 2. The maximum absolute atomic E-state index is 13.5. The Hall–Kier alpha value is -3.18. The molecular weight excluding hydrogens is 440 g/mol. The van der Waals surface area contributed by atoms with Gasteiger partial charge in [0.1, 0.15) is 50.8 Å². The van der Waals surface area contributed by atoms with Gasteiger partial charge in [-0.3, -0.25) is 9.59 Å². The molecule has 34 heavy (non-hydrogen) atoms. The molecule has 1 aliphatic carbocycles. The predicted molar refractivity (Wildman–Crippen MR) is 123 cm³/mol. The van der Waals surface area contributed by atoms with E-state index in [2.05, 4.69) is 10.6 Å². The van der Waals surface area contributed by atoms with Crippen LogP contribution in [0.4, 0.5) is 11.4 Å². The Morgan fingerprint density at radius 2 is 1.03 bits per heavy atom. The van der Waals surface area contributed by atoms with Crippen LogP contribution >= 0.6 is 0 Å². The molecule has 2 aromatic carbocycles. The van der Waals surface area contributed by atoms with Crippen molar-refractivity contribution in [3.8, 4) is 11.5 Å². The van der Waals surface area contributed by atoms with Crippen molar-refractivity contribution in [2.24, 2.45) is 0 Å². The summed E-state index contributed by atoms with van der Waals surface area (Å²) in [5.74, 6) is -1.86. The molecule has 2 aliphatic heterocycles. The van der Waals surface area contributed by atoms with Gasteiger partial charge in [0, 0.05) is 11.4 Å². The number of nitrogens with zero attached hydrogens (tertiary/aromatic N) is 2. The van der Waals surface area contributed by atoms with E-state index >= 15 is 0 Å². The summed E-state index contributed by atoms with van der Waals surface area (Å²) in [6.07, 6.45) is 1.93. The van der Waals surface area contributed by atoms with Gasteiger partial charge in [0.25, 0.3) is 0 Å². The predicted octanol–water partition coefficient (Wildman–Crippen LogP) is 1.92. The second-order valence-electron chi connectivity index (χ2n) is 9.52. The molecule has 5 rings (SSSR count). The number of likely N-dealkylation sites (tertiary alicyclic amines) is 2. The summed E-state index contributed by atoms with van der Waals surface area (Å²) in [5, 5.41) is 47.7. The third-order valence-electron chi connectivity index (χ3n) is 7.26. The fourth-order valence-corrected chi connectivity index (χ4v) is 4.95. The van der Waals surface area contributed by atoms with Crippen molar-refractivity contribution in [3.05, 3.63) is 46.5 Å². The second-order valence-corrected chi connectivity index (χ2v) is 9.52. The minimum atomic E-state index is -0.561.